The molecule has 7 heteroatoms. The van der Waals surface area contributed by atoms with Crippen molar-refractivity contribution in [2.24, 2.45) is 0 Å². The van der Waals surface area contributed by atoms with Gasteiger partial charge in [-0.05, 0) is 31.0 Å². The van der Waals surface area contributed by atoms with Gasteiger partial charge < -0.3 is 9.64 Å². The molecular formula is C20H24N2O4S. The molecule has 144 valence electrons. The lowest BCUT2D eigenvalue weighted by Crippen LogP contribution is -2.34. The van der Waals surface area contributed by atoms with E-state index in [1.54, 1.807) is 35.2 Å². The van der Waals surface area contributed by atoms with Gasteiger partial charge in [0.05, 0.1) is 23.2 Å². The number of hydrogen-bond donors (Lipinski definition) is 0. The number of anilines is 1. The number of nitrogens with zero attached hydrogens (tertiary/aromatic N) is 2. The number of benzene rings is 2. The van der Waals surface area contributed by atoms with Gasteiger partial charge in [-0.1, -0.05) is 26.0 Å². The molecule has 0 N–H and O–H groups in total. The monoisotopic (exact) mass is 388 g/mol. The van der Waals surface area contributed by atoms with Crippen LogP contribution in [0.25, 0.3) is 10.8 Å². The zero-order chi connectivity index (χ0) is 19.2. The second-order valence-electron chi connectivity index (χ2n) is 6.95. The molecule has 6 nitrogen and oxygen atoms in total. The summed E-state index contributed by atoms with van der Waals surface area (Å²) in [7, 11) is -3.61. The number of ether oxygens (including phenoxy) is 1. The highest BCUT2D eigenvalue weighted by Gasteiger charge is 2.35. The Morgan fingerprint density at radius 2 is 1.96 bits per heavy atom. The minimum absolute atomic E-state index is 0.0393. The zero-order valence-electron chi connectivity index (χ0n) is 15.6. The summed E-state index contributed by atoms with van der Waals surface area (Å²) >= 11 is 0. The number of rotatable bonds is 6. The first-order chi connectivity index (χ1) is 13.0. The molecule has 1 atom stereocenters. The van der Waals surface area contributed by atoms with Crippen LogP contribution in [-0.2, 0) is 14.8 Å². The quantitative estimate of drug-likeness (QED) is 0.763. The molecule has 0 unspecified atom stereocenters. The molecule has 0 saturated carbocycles. The highest BCUT2D eigenvalue weighted by molar-refractivity contribution is 7.89. The van der Waals surface area contributed by atoms with Crippen LogP contribution < -0.4 is 4.90 Å². The summed E-state index contributed by atoms with van der Waals surface area (Å²) < 4.78 is 33.3. The van der Waals surface area contributed by atoms with Gasteiger partial charge in [0.1, 0.15) is 0 Å². The Balaban J connectivity index is 1.84. The maximum absolute atomic E-state index is 13.1. The van der Waals surface area contributed by atoms with E-state index in [-0.39, 0.29) is 16.9 Å². The van der Waals surface area contributed by atoms with Crippen LogP contribution in [0.4, 0.5) is 5.69 Å². The molecule has 2 heterocycles. The number of carbonyl (C=O) groups is 1. The Kier molecular flexibility index (Phi) is 4.70. The lowest BCUT2D eigenvalue weighted by Gasteiger charge is -2.22. The molecule has 4 rings (SSSR count). The van der Waals surface area contributed by atoms with Crippen molar-refractivity contribution in [3.05, 3.63) is 35.9 Å². The first-order valence-electron chi connectivity index (χ1n) is 9.48. The molecular weight excluding hydrogens is 364 g/mol. The van der Waals surface area contributed by atoms with Crippen LogP contribution in [0.3, 0.4) is 0 Å². The fourth-order valence-corrected chi connectivity index (χ4v) is 5.77. The van der Waals surface area contributed by atoms with Gasteiger partial charge in [0, 0.05) is 36.0 Å². The molecule has 0 radical (unpaired) electrons. The van der Waals surface area contributed by atoms with Crippen molar-refractivity contribution in [1.82, 2.24) is 4.31 Å². The summed E-state index contributed by atoms with van der Waals surface area (Å²) in [6, 6.07) is 8.73. The molecule has 2 aromatic carbocycles. The summed E-state index contributed by atoms with van der Waals surface area (Å²) in [5.74, 6) is -0.0801. The van der Waals surface area contributed by atoms with Crippen molar-refractivity contribution in [3.63, 3.8) is 0 Å². The number of sulfonamides is 1. The molecule has 1 amide bonds. The average Bonchev–Trinajstić information content (AvgIpc) is 3.26. The summed E-state index contributed by atoms with van der Waals surface area (Å²) in [5, 5.41) is 1.34. The van der Waals surface area contributed by atoms with E-state index < -0.39 is 10.0 Å². The third kappa shape index (κ3) is 2.85. The molecule has 0 bridgehead atoms. The van der Waals surface area contributed by atoms with Crippen LogP contribution >= 0.6 is 0 Å². The highest BCUT2D eigenvalue weighted by atomic mass is 32.2. The normalized spacial score (nSPS) is 19.6. The number of amides is 1. The van der Waals surface area contributed by atoms with Gasteiger partial charge in [-0.3, -0.25) is 4.79 Å². The molecule has 0 aromatic heterocycles. The molecule has 0 aliphatic carbocycles. The van der Waals surface area contributed by atoms with Crippen LogP contribution in [0.1, 0.15) is 37.0 Å². The zero-order valence-corrected chi connectivity index (χ0v) is 16.5. The second kappa shape index (κ2) is 6.89. The number of carbonyl (C=O) groups excluding carboxylic acids is 1. The SMILES string of the molecule is CCN(CC)S(=O)(=O)c1ccc2c3c(cccc13)C(=O)N2C[C@@H]1CCCO1. The minimum Gasteiger partial charge on any atom is -0.376 e. The fraction of sp³-hybridized carbons (Fsp3) is 0.450. The number of hydrogen-bond acceptors (Lipinski definition) is 4. The van der Waals surface area contributed by atoms with E-state index in [4.69, 9.17) is 4.74 Å². The Morgan fingerprint density at radius 3 is 2.63 bits per heavy atom. The van der Waals surface area contributed by atoms with E-state index in [2.05, 4.69) is 0 Å². The lowest BCUT2D eigenvalue weighted by molar-refractivity contribution is 0.0924. The summed E-state index contributed by atoms with van der Waals surface area (Å²) in [4.78, 5) is 15.0. The van der Waals surface area contributed by atoms with Crippen LogP contribution in [0.15, 0.2) is 35.2 Å². The van der Waals surface area contributed by atoms with Crippen molar-refractivity contribution in [3.8, 4) is 0 Å². The van der Waals surface area contributed by atoms with Crippen molar-refractivity contribution in [2.75, 3.05) is 31.1 Å². The molecule has 27 heavy (non-hydrogen) atoms. The Hall–Kier alpha value is -1.96. The Bertz CT molecular complexity index is 992. The van der Waals surface area contributed by atoms with Gasteiger partial charge in [-0.15, -0.1) is 0 Å². The average molecular weight is 388 g/mol. The van der Waals surface area contributed by atoms with E-state index in [9.17, 15) is 13.2 Å². The van der Waals surface area contributed by atoms with E-state index in [0.29, 0.717) is 30.6 Å². The van der Waals surface area contributed by atoms with Gasteiger partial charge in [0.25, 0.3) is 5.91 Å². The fourth-order valence-electron chi connectivity index (χ4n) is 4.12. The third-order valence-corrected chi connectivity index (χ3v) is 7.59. The van der Waals surface area contributed by atoms with Gasteiger partial charge in [-0.2, -0.15) is 4.31 Å². The van der Waals surface area contributed by atoms with Gasteiger partial charge in [0.15, 0.2) is 0 Å². The van der Waals surface area contributed by atoms with E-state index >= 15 is 0 Å². The van der Waals surface area contributed by atoms with E-state index in [0.717, 1.165) is 30.5 Å². The minimum atomic E-state index is -3.61. The third-order valence-electron chi connectivity index (χ3n) is 5.48. The van der Waals surface area contributed by atoms with Crippen molar-refractivity contribution >= 4 is 32.4 Å². The van der Waals surface area contributed by atoms with Crippen molar-refractivity contribution in [2.45, 2.75) is 37.7 Å². The van der Waals surface area contributed by atoms with Crippen LogP contribution in [0.2, 0.25) is 0 Å². The smallest absolute Gasteiger partial charge is 0.259 e. The molecule has 1 saturated heterocycles. The first-order valence-corrected chi connectivity index (χ1v) is 10.9. The summed E-state index contributed by atoms with van der Waals surface area (Å²) in [6.07, 6.45) is 1.99. The highest BCUT2D eigenvalue weighted by Crippen LogP contribution is 2.41. The van der Waals surface area contributed by atoms with Crippen LogP contribution in [0.5, 0.6) is 0 Å². The first kappa shape index (κ1) is 18.4. The molecule has 2 aliphatic rings. The van der Waals surface area contributed by atoms with E-state index in [1.807, 2.05) is 13.8 Å². The van der Waals surface area contributed by atoms with Crippen molar-refractivity contribution in [1.29, 1.82) is 0 Å². The summed E-state index contributed by atoms with van der Waals surface area (Å²) in [6.45, 7) is 5.71. The Labute approximate surface area is 159 Å². The topological polar surface area (TPSA) is 66.9 Å². The van der Waals surface area contributed by atoms with Crippen molar-refractivity contribution < 1.29 is 17.9 Å². The van der Waals surface area contributed by atoms with E-state index in [1.165, 1.54) is 4.31 Å². The largest absolute Gasteiger partial charge is 0.376 e. The predicted molar refractivity (Wildman–Crippen MR) is 105 cm³/mol. The van der Waals surface area contributed by atoms with Gasteiger partial charge in [-0.25, -0.2) is 8.42 Å². The second-order valence-corrected chi connectivity index (χ2v) is 8.86. The maximum Gasteiger partial charge on any atom is 0.259 e. The van der Waals surface area contributed by atoms with Crippen LogP contribution in [0, 0.1) is 0 Å². The molecule has 1 fully saturated rings. The maximum atomic E-state index is 13.1. The molecule has 0 spiro atoms. The molecule has 2 aromatic rings. The summed E-state index contributed by atoms with van der Waals surface area (Å²) in [5.41, 5.74) is 1.34. The molecule has 2 aliphatic heterocycles. The Morgan fingerprint density at radius 1 is 1.19 bits per heavy atom. The van der Waals surface area contributed by atoms with Crippen LogP contribution in [-0.4, -0.2) is 51.0 Å². The van der Waals surface area contributed by atoms with Gasteiger partial charge in [0.2, 0.25) is 10.0 Å². The predicted octanol–water partition coefficient (Wildman–Crippen LogP) is 3.01. The van der Waals surface area contributed by atoms with Gasteiger partial charge >= 0.3 is 0 Å². The standard InChI is InChI=1S/C20H24N2O4S/c1-3-21(4-2)27(24,25)18-11-10-17-19-15(18)8-5-9-16(19)20(23)22(17)13-14-7-6-12-26-14/h5,8-11,14H,3-4,6-7,12-13H2,1-2H3/t14-/m0/s1. The lowest BCUT2D eigenvalue weighted by atomic mass is 10.1.